The van der Waals surface area contributed by atoms with Crippen LogP contribution in [0.1, 0.15) is 36.9 Å². The molecule has 0 amide bonds. The summed E-state index contributed by atoms with van der Waals surface area (Å²) < 4.78 is 39.1. The Morgan fingerprint density at radius 3 is 2.46 bits per heavy atom. The Labute approximate surface area is 154 Å². The molecule has 26 heavy (non-hydrogen) atoms. The predicted molar refractivity (Wildman–Crippen MR) is 95.9 cm³/mol. The van der Waals surface area contributed by atoms with E-state index in [0.29, 0.717) is 16.5 Å². The van der Waals surface area contributed by atoms with Crippen molar-refractivity contribution < 1.29 is 13.2 Å². The molecule has 0 N–H and O–H groups in total. The van der Waals surface area contributed by atoms with Crippen molar-refractivity contribution >= 4 is 27.8 Å². The molecule has 1 aliphatic heterocycles. The number of aromatic nitrogens is 2. The van der Waals surface area contributed by atoms with Crippen LogP contribution < -0.4 is 4.90 Å². The van der Waals surface area contributed by atoms with Gasteiger partial charge in [0, 0.05) is 17.1 Å². The van der Waals surface area contributed by atoms with Gasteiger partial charge in [-0.15, -0.1) is 20.4 Å². The van der Waals surface area contributed by atoms with E-state index in [2.05, 4.69) is 20.4 Å². The van der Waals surface area contributed by atoms with Gasteiger partial charge >= 0.3 is 6.18 Å². The molecule has 1 unspecified atom stereocenters. The lowest BCUT2D eigenvalue weighted by atomic mass is 9.81. The van der Waals surface area contributed by atoms with Gasteiger partial charge in [-0.2, -0.15) is 13.2 Å². The van der Waals surface area contributed by atoms with Gasteiger partial charge in [0.25, 0.3) is 5.13 Å². The standard InChI is InChI=1S/C17H20F3N5S/c1-9-6-14-12(7-13(9)22-24-15-23-21-11(3)26-15)16(4,5)10(2)25(14)8-17(18,19)20/h6-7,10H,8H2,1-5H3. The summed E-state index contributed by atoms with van der Waals surface area (Å²) in [4.78, 5) is 1.43. The van der Waals surface area contributed by atoms with E-state index in [9.17, 15) is 13.2 Å². The molecular weight excluding hydrogens is 363 g/mol. The topological polar surface area (TPSA) is 53.7 Å². The number of hydrogen-bond donors (Lipinski definition) is 0. The highest BCUT2D eigenvalue weighted by Gasteiger charge is 2.46. The summed E-state index contributed by atoms with van der Waals surface area (Å²) in [5.74, 6) is 0. The van der Waals surface area contributed by atoms with Crippen molar-refractivity contribution in [3.63, 3.8) is 0 Å². The number of rotatable bonds is 3. The minimum absolute atomic E-state index is 0.281. The maximum atomic E-state index is 13.0. The average molecular weight is 383 g/mol. The normalized spacial score (nSPS) is 19.4. The van der Waals surface area contributed by atoms with E-state index in [0.717, 1.165) is 16.1 Å². The fourth-order valence-corrected chi connectivity index (χ4v) is 3.71. The van der Waals surface area contributed by atoms with Crippen LogP contribution in [0.15, 0.2) is 22.4 Å². The largest absolute Gasteiger partial charge is 0.405 e. The minimum Gasteiger partial charge on any atom is -0.359 e. The molecule has 0 radical (unpaired) electrons. The second kappa shape index (κ2) is 6.29. The lowest BCUT2D eigenvalue weighted by molar-refractivity contribution is -0.120. The van der Waals surface area contributed by atoms with Crippen molar-refractivity contribution in [2.24, 2.45) is 10.2 Å². The lowest BCUT2D eigenvalue weighted by Gasteiger charge is -2.32. The highest BCUT2D eigenvalue weighted by molar-refractivity contribution is 7.14. The third-order valence-electron chi connectivity index (χ3n) is 4.94. The summed E-state index contributed by atoms with van der Waals surface area (Å²) in [5.41, 5.74) is 2.43. The molecule has 0 spiro atoms. The van der Waals surface area contributed by atoms with Gasteiger partial charge in [-0.05, 0) is 44.0 Å². The molecule has 2 aromatic rings. The Morgan fingerprint density at radius 2 is 1.88 bits per heavy atom. The molecule has 5 nitrogen and oxygen atoms in total. The number of halogens is 3. The van der Waals surface area contributed by atoms with Crippen molar-refractivity contribution in [1.82, 2.24) is 10.2 Å². The van der Waals surface area contributed by atoms with Crippen molar-refractivity contribution in [2.45, 2.75) is 52.3 Å². The van der Waals surface area contributed by atoms with Crippen LogP contribution in [0, 0.1) is 13.8 Å². The molecule has 0 bridgehead atoms. The third kappa shape index (κ3) is 3.44. The quantitative estimate of drug-likeness (QED) is 0.647. The monoisotopic (exact) mass is 383 g/mol. The SMILES string of the molecule is Cc1nnc(N=Nc2cc3c(cc2C)N(CC(F)(F)F)C(C)C3(C)C)s1. The molecule has 3 rings (SSSR count). The first-order valence-electron chi connectivity index (χ1n) is 8.19. The summed E-state index contributed by atoms with van der Waals surface area (Å²) >= 11 is 1.33. The van der Waals surface area contributed by atoms with Crippen molar-refractivity contribution in [3.05, 3.63) is 28.3 Å². The zero-order chi connectivity index (χ0) is 19.3. The molecule has 9 heteroatoms. The second-order valence-corrected chi connectivity index (χ2v) is 8.26. The zero-order valence-electron chi connectivity index (χ0n) is 15.2. The number of fused-ring (bicyclic) bond motifs is 1. The van der Waals surface area contributed by atoms with Gasteiger partial charge in [0.2, 0.25) is 0 Å². The smallest absolute Gasteiger partial charge is 0.359 e. The highest BCUT2D eigenvalue weighted by Crippen LogP contribution is 2.48. The van der Waals surface area contributed by atoms with Gasteiger partial charge in [-0.25, -0.2) is 0 Å². The van der Waals surface area contributed by atoms with E-state index in [1.54, 1.807) is 6.07 Å². The summed E-state index contributed by atoms with van der Waals surface area (Å²) in [6.07, 6.45) is -4.26. The van der Waals surface area contributed by atoms with Gasteiger partial charge < -0.3 is 4.90 Å². The second-order valence-electron chi connectivity index (χ2n) is 7.10. The van der Waals surface area contributed by atoms with E-state index in [-0.39, 0.29) is 6.04 Å². The Morgan fingerprint density at radius 1 is 1.19 bits per heavy atom. The van der Waals surface area contributed by atoms with Crippen LogP contribution in [-0.4, -0.2) is 29.0 Å². The highest BCUT2D eigenvalue weighted by atomic mass is 32.1. The number of anilines is 1. The third-order valence-corrected chi connectivity index (χ3v) is 5.66. The molecule has 2 heterocycles. The van der Waals surface area contributed by atoms with E-state index in [1.807, 2.05) is 40.7 Å². The van der Waals surface area contributed by atoms with E-state index >= 15 is 0 Å². The first kappa shape index (κ1) is 18.8. The van der Waals surface area contributed by atoms with Crippen LogP contribution >= 0.6 is 11.3 Å². The molecule has 1 atom stereocenters. The number of hydrogen-bond acceptors (Lipinski definition) is 6. The van der Waals surface area contributed by atoms with Gasteiger partial charge in [0.15, 0.2) is 0 Å². The van der Waals surface area contributed by atoms with Gasteiger partial charge in [0.05, 0.1) is 5.69 Å². The Balaban J connectivity index is 2.01. The summed E-state index contributed by atoms with van der Waals surface area (Å²) in [6, 6.07) is 3.33. The van der Waals surface area contributed by atoms with E-state index < -0.39 is 18.1 Å². The predicted octanol–water partition coefficient (Wildman–Crippen LogP) is 5.62. The summed E-state index contributed by atoms with van der Waals surface area (Å²) in [7, 11) is 0. The molecule has 1 aliphatic rings. The van der Waals surface area contributed by atoms with E-state index in [1.165, 1.54) is 16.2 Å². The number of alkyl halides is 3. The first-order valence-corrected chi connectivity index (χ1v) is 9.01. The Kier molecular flexibility index (Phi) is 4.54. The number of azo groups is 1. The van der Waals surface area contributed by atoms with Gasteiger partial charge in [-0.3, -0.25) is 0 Å². The van der Waals surface area contributed by atoms with Crippen LogP contribution in [0.2, 0.25) is 0 Å². The van der Waals surface area contributed by atoms with Gasteiger partial charge in [0.1, 0.15) is 11.6 Å². The number of benzene rings is 1. The van der Waals surface area contributed by atoms with Gasteiger partial charge in [-0.1, -0.05) is 25.2 Å². The van der Waals surface area contributed by atoms with Crippen molar-refractivity contribution in [3.8, 4) is 0 Å². The summed E-state index contributed by atoms with van der Waals surface area (Å²) in [5, 5.41) is 17.4. The van der Waals surface area contributed by atoms with E-state index in [4.69, 9.17) is 0 Å². The van der Waals surface area contributed by atoms with Crippen LogP contribution in [0.5, 0.6) is 0 Å². The summed E-state index contributed by atoms with van der Waals surface area (Å²) in [6.45, 7) is 8.42. The van der Waals surface area contributed by atoms with Crippen molar-refractivity contribution in [1.29, 1.82) is 0 Å². The molecule has 140 valence electrons. The minimum atomic E-state index is -4.26. The fourth-order valence-electron chi connectivity index (χ4n) is 3.20. The fraction of sp³-hybridized carbons (Fsp3) is 0.529. The molecule has 0 aliphatic carbocycles. The maximum Gasteiger partial charge on any atom is 0.405 e. The Bertz CT molecular complexity index is 857. The molecule has 0 fully saturated rings. The van der Waals surface area contributed by atoms with Crippen LogP contribution in [0.4, 0.5) is 29.7 Å². The molecule has 1 aromatic carbocycles. The first-order chi connectivity index (χ1) is 12.0. The molecule has 1 aromatic heterocycles. The lowest BCUT2D eigenvalue weighted by Crippen LogP contribution is -2.43. The molecule has 0 saturated heterocycles. The van der Waals surface area contributed by atoms with Crippen LogP contribution in [0.25, 0.3) is 0 Å². The molecular formula is C17H20F3N5S. The number of nitrogens with zero attached hydrogens (tertiary/aromatic N) is 5. The van der Waals surface area contributed by atoms with Crippen molar-refractivity contribution in [2.75, 3.05) is 11.4 Å². The average Bonchev–Trinajstić information content (AvgIpc) is 3.00. The molecule has 0 saturated carbocycles. The maximum absolute atomic E-state index is 13.0. The Hall–Kier alpha value is -2.03. The van der Waals surface area contributed by atoms with Crippen LogP contribution in [0.3, 0.4) is 0 Å². The zero-order valence-corrected chi connectivity index (χ0v) is 16.0. The number of aryl methyl sites for hydroxylation is 2. The van der Waals surface area contributed by atoms with Crippen LogP contribution in [-0.2, 0) is 5.41 Å².